The van der Waals surface area contributed by atoms with E-state index in [2.05, 4.69) is 5.43 Å². The molecule has 0 aromatic heterocycles. The molecule has 17 heavy (non-hydrogen) atoms. The zero-order valence-corrected chi connectivity index (χ0v) is 9.80. The Balaban J connectivity index is 3.88. The standard InChI is InChI=1S/C9H20N4O4/c1-13(5-9(16)17)12-8(15)3-6(11)2-7(14)4-10/h6-7,14H,2-5,10-11H2,1H3,(H,12,15)(H,16,17)/t6-,7+/m1/s1. The molecule has 0 saturated carbocycles. The number of carboxylic acid groups (broad SMARTS) is 1. The van der Waals surface area contributed by atoms with E-state index in [1.54, 1.807) is 0 Å². The highest BCUT2D eigenvalue weighted by atomic mass is 16.4. The Labute approximate surface area is 99.5 Å². The number of aliphatic hydroxyl groups is 1. The van der Waals surface area contributed by atoms with E-state index in [9.17, 15) is 14.7 Å². The fourth-order valence-corrected chi connectivity index (χ4v) is 1.27. The minimum Gasteiger partial charge on any atom is -0.480 e. The number of aliphatic carboxylic acids is 1. The van der Waals surface area contributed by atoms with E-state index in [0.717, 1.165) is 5.01 Å². The first-order valence-corrected chi connectivity index (χ1v) is 5.21. The third kappa shape index (κ3) is 8.57. The molecule has 0 aromatic carbocycles. The molecule has 0 aliphatic carbocycles. The summed E-state index contributed by atoms with van der Waals surface area (Å²) < 4.78 is 0. The lowest BCUT2D eigenvalue weighted by Crippen LogP contribution is -2.44. The van der Waals surface area contributed by atoms with Gasteiger partial charge < -0.3 is 21.7 Å². The molecule has 0 aromatic rings. The van der Waals surface area contributed by atoms with Gasteiger partial charge in [0.25, 0.3) is 0 Å². The number of nitrogens with zero attached hydrogens (tertiary/aromatic N) is 1. The average molecular weight is 248 g/mol. The van der Waals surface area contributed by atoms with Crippen molar-refractivity contribution >= 4 is 11.9 Å². The molecule has 8 nitrogen and oxygen atoms in total. The summed E-state index contributed by atoms with van der Waals surface area (Å²) in [4.78, 5) is 21.7. The summed E-state index contributed by atoms with van der Waals surface area (Å²) >= 11 is 0. The minimum atomic E-state index is -1.05. The lowest BCUT2D eigenvalue weighted by molar-refractivity contribution is -0.139. The number of hydrogen-bond acceptors (Lipinski definition) is 6. The Morgan fingerprint density at radius 1 is 1.47 bits per heavy atom. The topological polar surface area (TPSA) is 142 Å². The highest BCUT2D eigenvalue weighted by Gasteiger charge is 2.15. The first-order valence-electron chi connectivity index (χ1n) is 5.21. The van der Waals surface area contributed by atoms with E-state index in [1.807, 2.05) is 0 Å². The number of carboxylic acids is 1. The maximum atomic E-state index is 11.4. The second-order valence-corrected chi connectivity index (χ2v) is 3.87. The van der Waals surface area contributed by atoms with Crippen molar-refractivity contribution in [2.24, 2.45) is 11.5 Å². The lowest BCUT2D eigenvalue weighted by Gasteiger charge is -2.18. The Bertz CT molecular complexity index is 261. The molecule has 7 N–H and O–H groups in total. The zero-order chi connectivity index (χ0) is 13.4. The Morgan fingerprint density at radius 2 is 2.06 bits per heavy atom. The van der Waals surface area contributed by atoms with Crippen LogP contribution < -0.4 is 16.9 Å². The predicted octanol–water partition coefficient (Wildman–Crippen LogP) is -2.54. The molecular weight excluding hydrogens is 228 g/mol. The molecule has 0 fully saturated rings. The fraction of sp³-hybridized carbons (Fsp3) is 0.778. The number of amides is 1. The second-order valence-electron chi connectivity index (χ2n) is 3.87. The summed E-state index contributed by atoms with van der Waals surface area (Å²) in [6.45, 7) is -0.208. The number of carbonyl (C=O) groups is 2. The van der Waals surface area contributed by atoms with E-state index in [-0.39, 0.29) is 25.9 Å². The van der Waals surface area contributed by atoms with Crippen LogP contribution in [0.2, 0.25) is 0 Å². The van der Waals surface area contributed by atoms with Gasteiger partial charge in [0.1, 0.15) is 6.54 Å². The van der Waals surface area contributed by atoms with E-state index in [0.29, 0.717) is 0 Å². The molecule has 2 atom stereocenters. The van der Waals surface area contributed by atoms with Crippen molar-refractivity contribution in [2.75, 3.05) is 20.1 Å². The molecule has 0 unspecified atom stereocenters. The van der Waals surface area contributed by atoms with Gasteiger partial charge in [0.2, 0.25) is 5.91 Å². The van der Waals surface area contributed by atoms with Gasteiger partial charge in [0, 0.05) is 26.1 Å². The highest BCUT2D eigenvalue weighted by Crippen LogP contribution is 1.99. The van der Waals surface area contributed by atoms with Gasteiger partial charge in [-0.1, -0.05) is 0 Å². The molecule has 0 radical (unpaired) electrons. The average Bonchev–Trinajstić information content (AvgIpc) is 2.14. The van der Waals surface area contributed by atoms with Crippen molar-refractivity contribution in [3.05, 3.63) is 0 Å². The molecule has 0 aliphatic heterocycles. The molecule has 0 saturated heterocycles. The van der Waals surface area contributed by atoms with E-state index >= 15 is 0 Å². The van der Waals surface area contributed by atoms with Crippen molar-refractivity contribution in [3.8, 4) is 0 Å². The quantitative estimate of drug-likeness (QED) is 0.298. The van der Waals surface area contributed by atoms with Gasteiger partial charge in [0.05, 0.1) is 6.10 Å². The van der Waals surface area contributed by atoms with E-state index in [4.69, 9.17) is 16.6 Å². The number of nitrogens with two attached hydrogens (primary N) is 2. The Kier molecular flexibility index (Phi) is 7.39. The smallest absolute Gasteiger partial charge is 0.319 e. The summed E-state index contributed by atoms with van der Waals surface area (Å²) in [5, 5.41) is 18.8. The van der Waals surface area contributed by atoms with E-state index in [1.165, 1.54) is 7.05 Å². The summed E-state index contributed by atoms with van der Waals surface area (Å²) in [5.41, 5.74) is 13.2. The largest absolute Gasteiger partial charge is 0.480 e. The third-order valence-electron chi connectivity index (χ3n) is 1.98. The maximum absolute atomic E-state index is 11.4. The molecule has 8 heteroatoms. The summed E-state index contributed by atoms with van der Waals surface area (Å²) in [7, 11) is 1.44. The van der Waals surface area contributed by atoms with Gasteiger partial charge in [0.15, 0.2) is 0 Å². The van der Waals surface area contributed by atoms with Gasteiger partial charge in [-0.25, -0.2) is 5.01 Å². The molecule has 0 spiro atoms. The van der Waals surface area contributed by atoms with Crippen molar-refractivity contribution in [2.45, 2.75) is 25.0 Å². The van der Waals surface area contributed by atoms with Crippen molar-refractivity contribution in [1.29, 1.82) is 0 Å². The number of hydrogen-bond donors (Lipinski definition) is 5. The van der Waals surface area contributed by atoms with Gasteiger partial charge >= 0.3 is 5.97 Å². The van der Waals surface area contributed by atoms with Crippen LogP contribution in [0.1, 0.15) is 12.8 Å². The predicted molar refractivity (Wildman–Crippen MR) is 60.7 cm³/mol. The molecule has 0 bridgehead atoms. The number of aliphatic hydroxyl groups excluding tert-OH is 1. The highest BCUT2D eigenvalue weighted by molar-refractivity contribution is 5.76. The number of rotatable bonds is 8. The first kappa shape index (κ1) is 15.8. The zero-order valence-electron chi connectivity index (χ0n) is 9.80. The van der Waals surface area contributed by atoms with Gasteiger partial charge in [-0.3, -0.25) is 15.0 Å². The second kappa shape index (κ2) is 7.96. The van der Waals surface area contributed by atoms with Crippen LogP contribution in [-0.4, -0.2) is 59.4 Å². The number of carbonyl (C=O) groups excluding carboxylic acids is 1. The molecule has 0 rings (SSSR count). The van der Waals surface area contributed by atoms with E-state index < -0.39 is 24.0 Å². The van der Waals surface area contributed by atoms with Crippen LogP contribution in [0, 0.1) is 0 Å². The normalized spacial score (nSPS) is 14.4. The van der Waals surface area contributed by atoms with Crippen LogP contribution in [0.25, 0.3) is 0 Å². The summed E-state index contributed by atoms with van der Waals surface area (Å²) in [6.07, 6.45) is -0.498. The number of likely N-dealkylation sites (N-methyl/N-ethyl adjacent to an activating group) is 1. The van der Waals surface area contributed by atoms with Crippen molar-refractivity contribution in [3.63, 3.8) is 0 Å². The lowest BCUT2D eigenvalue weighted by atomic mass is 10.1. The van der Waals surface area contributed by atoms with Crippen LogP contribution in [0.5, 0.6) is 0 Å². The summed E-state index contributed by atoms with van der Waals surface area (Å²) in [5.74, 6) is -1.44. The Hall–Kier alpha value is -1.22. The fourth-order valence-electron chi connectivity index (χ4n) is 1.27. The SMILES string of the molecule is CN(CC(=O)O)NC(=O)C[C@H](N)C[C@H](O)CN. The monoisotopic (exact) mass is 248 g/mol. The van der Waals surface area contributed by atoms with Crippen LogP contribution in [0.3, 0.4) is 0 Å². The molecule has 100 valence electrons. The third-order valence-corrected chi connectivity index (χ3v) is 1.98. The number of nitrogens with one attached hydrogen (secondary N) is 1. The molecule has 0 heterocycles. The minimum absolute atomic E-state index is 0.00101. The number of hydrazine groups is 1. The van der Waals surface area contributed by atoms with Crippen LogP contribution >= 0.6 is 0 Å². The van der Waals surface area contributed by atoms with Crippen molar-refractivity contribution < 1.29 is 19.8 Å². The van der Waals surface area contributed by atoms with Crippen molar-refractivity contribution in [1.82, 2.24) is 10.4 Å². The van der Waals surface area contributed by atoms with Gasteiger partial charge in [-0.15, -0.1) is 0 Å². The van der Waals surface area contributed by atoms with Crippen LogP contribution in [0.15, 0.2) is 0 Å². The maximum Gasteiger partial charge on any atom is 0.319 e. The van der Waals surface area contributed by atoms with Gasteiger partial charge in [-0.05, 0) is 6.42 Å². The first-order chi connectivity index (χ1) is 7.85. The molecular formula is C9H20N4O4. The summed E-state index contributed by atoms with van der Waals surface area (Å²) in [6, 6.07) is -0.508. The molecule has 1 amide bonds. The van der Waals surface area contributed by atoms with Crippen LogP contribution in [0.4, 0.5) is 0 Å². The van der Waals surface area contributed by atoms with Crippen LogP contribution in [-0.2, 0) is 9.59 Å². The van der Waals surface area contributed by atoms with Gasteiger partial charge in [-0.2, -0.15) is 0 Å². The Morgan fingerprint density at radius 3 is 2.53 bits per heavy atom. The molecule has 0 aliphatic rings.